The summed E-state index contributed by atoms with van der Waals surface area (Å²) < 4.78 is 25.1. The summed E-state index contributed by atoms with van der Waals surface area (Å²) in [6.07, 6.45) is 1.05. The van der Waals surface area contributed by atoms with Gasteiger partial charge >= 0.3 is 0 Å². The number of benzene rings is 2. The number of amides is 1. The molecule has 0 atom stereocenters. The van der Waals surface area contributed by atoms with Crippen LogP contribution in [0.2, 0.25) is 0 Å². The maximum Gasteiger partial charge on any atom is 0.245 e. The normalized spacial score (nSPS) is 10.7. The second-order valence-corrected chi connectivity index (χ2v) is 7.22. The zero-order valence-corrected chi connectivity index (χ0v) is 14.2. The number of sulfonamides is 1. The lowest BCUT2D eigenvalue weighted by molar-refractivity contribution is -0.114. The summed E-state index contributed by atoms with van der Waals surface area (Å²) in [5.74, 6) is -0.523. The van der Waals surface area contributed by atoms with Gasteiger partial charge in [-0.1, -0.05) is 24.3 Å². The highest BCUT2D eigenvalue weighted by Crippen LogP contribution is 2.19. The third-order valence-corrected chi connectivity index (χ3v) is 4.44. The third-order valence-electron chi connectivity index (χ3n) is 3.30. The van der Waals surface area contributed by atoms with E-state index < -0.39 is 15.9 Å². The fourth-order valence-electron chi connectivity index (χ4n) is 2.19. The highest BCUT2D eigenvalue weighted by Gasteiger charge is 2.21. The van der Waals surface area contributed by atoms with E-state index in [0.29, 0.717) is 16.9 Å². The van der Waals surface area contributed by atoms with E-state index in [9.17, 15) is 13.2 Å². The molecule has 0 aliphatic heterocycles. The van der Waals surface area contributed by atoms with Crippen molar-refractivity contribution in [1.29, 1.82) is 5.26 Å². The van der Waals surface area contributed by atoms with Crippen molar-refractivity contribution in [1.82, 2.24) is 0 Å². The Balaban J connectivity index is 2.25. The van der Waals surface area contributed by atoms with E-state index in [4.69, 9.17) is 5.26 Å². The molecule has 0 fully saturated rings. The third kappa shape index (κ3) is 4.33. The fourth-order valence-corrected chi connectivity index (χ4v) is 3.04. The molecule has 2 rings (SSSR count). The smallest absolute Gasteiger partial charge is 0.245 e. The highest BCUT2D eigenvalue weighted by molar-refractivity contribution is 7.92. The molecule has 0 unspecified atom stereocenters. The van der Waals surface area contributed by atoms with Gasteiger partial charge in [-0.2, -0.15) is 5.26 Å². The van der Waals surface area contributed by atoms with Crippen molar-refractivity contribution in [2.75, 3.05) is 22.4 Å². The summed E-state index contributed by atoms with van der Waals surface area (Å²) >= 11 is 0. The number of anilines is 2. The van der Waals surface area contributed by atoms with Crippen molar-refractivity contribution in [3.05, 3.63) is 59.7 Å². The van der Waals surface area contributed by atoms with E-state index in [0.717, 1.165) is 16.1 Å². The summed E-state index contributed by atoms with van der Waals surface area (Å²) in [6, 6.07) is 15.4. The minimum atomic E-state index is -3.63. The predicted molar refractivity (Wildman–Crippen MR) is 93.2 cm³/mol. The molecule has 0 spiro atoms. The molecule has 24 heavy (non-hydrogen) atoms. The van der Waals surface area contributed by atoms with Crippen LogP contribution in [0.3, 0.4) is 0 Å². The Kier molecular flexibility index (Phi) is 5.21. The summed E-state index contributed by atoms with van der Waals surface area (Å²) in [4.78, 5) is 12.3. The Labute approximate surface area is 141 Å². The Morgan fingerprint density at radius 2 is 1.92 bits per heavy atom. The van der Waals surface area contributed by atoms with Gasteiger partial charge in [-0.25, -0.2) is 8.42 Å². The van der Waals surface area contributed by atoms with E-state index in [2.05, 4.69) is 5.32 Å². The molecule has 7 heteroatoms. The number of hydrogen-bond acceptors (Lipinski definition) is 4. The Morgan fingerprint density at radius 3 is 2.54 bits per heavy atom. The summed E-state index contributed by atoms with van der Waals surface area (Å²) in [6.45, 7) is 1.47. The van der Waals surface area contributed by atoms with Crippen LogP contribution in [0.15, 0.2) is 48.5 Å². The van der Waals surface area contributed by atoms with Crippen LogP contribution in [0, 0.1) is 18.3 Å². The maximum atomic E-state index is 12.3. The van der Waals surface area contributed by atoms with E-state index in [1.54, 1.807) is 42.5 Å². The Bertz CT molecular complexity index is 901. The molecular weight excluding hydrogens is 326 g/mol. The van der Waals surface area contributed by atoms with Crippen LogP contribution < -0.4 is 9.62 Å². The minimum Gasteiger partial charge on any atom is -0.323 e. The first kappa shape index (κ1) is 17.5. The number of para-hydroxylation sites is 1. The number of carbonyl (C=O) groups is 1. The zero-order valence-electron chi connectivity index (χ0n) is 13.4. The van der Waals surface area contributed by atoms with Crippen molar-refractivity contribution in [3.63, 3.8) is 0 Å². The first-order chi connectivity index (χ1) is 11.3. The average molecular weight is 343 g/mol. The molecule has 124 valence electrons. The van der Waals surface area contributed by atoms with Crippen LogP contribution in [0.25, 0.3) is 0 Å². The summed E-state index contributed by atoms with van der Waals surface area (Å²) in [5, 5.41) is 11.6. The van der Waals surface area contributed by atoms with Crippen LogP contribution in [-0.4, -0.2) is 27.1 Å². The molecule has 6 nitrogen and oxygen atoms in total. The summed E-state index contributed by atoms with van der Waals surface area (Å²) in [5.41, 5.74) is 1.97. The van der Waals surface area contributed by atoms with Crippen molar-refractivity contribution in [2.45, 2.75) is 6.92 Å². The van der Waals surface area contributed by atoms with Gasteiger partial charge in [-0.15, -0.1) is 0 Å². The number of rotatable bonds is 5. The van der Waals surface area contributed by atoms with Gasteiger partial charge in [0.05, 0.1) is 23.2 Å². The monoisotopic (exact) mass is 343 g/mol. The van der Waals surface area contributed by atoms with Gasteiger partial charge < -0.3 is 5.32 Å². The first-order valence-electron chi connectivity index (χ1n) is 7.14. The molecule has 0 bridgehead atoms. The van der Waals surface area contributed by atoms with Crippen molar-refractivity contribution >= 4 is 27.3 Å². The molecule has 1 amide bonds. The predicted octanol–water partition coefficient (Wildman–Crippen LogP) is 2.27. The lowest BCUT2D eigenvalue weighted by Crippen LogP contribution is -2.37. The fraction of sp³-hybridized carbons (Fsp3) is 0.176. The van der Waals surface area contributed by atoms with E-state index in [1.165, 1.54) is 0 Å². The molecule has 0 saturated heterocycles. The highest BCUT2D eigenvalue weighted by atomic mass is 32.2. The molecular formula is C17H17N3O3S. The molecule has 0 radical (unpaired) electrons. The number of nitrogens with zero attached hydrogens (tertiary/aromatic N) is 2. The van der Waals surface area contributed by atoms with Gasteiger partial charge in [0.1, 0.15) is 12.6 Å². The lowest BCUT2D eigenvalue weighted by Gasteiger charge is -2.22. The topological polar surface area (TPSA) is 90.3 Å². The van der Waals surface area contributed by atoms with Gasteiger partial charge in [-0.05, 0) is 36.8 Å². The van der Waals surface area contributed by atoms with Crippen LogP contribution in [0.1, 0.15) is 11.1 Å². The molecule has 0 saturated carbocycles. The lowest BCUT2D eigenvalue weighted by atomic mass is 10.2. The number of aryl methyl sites for hydroxylation is 1. The van der Waals surface area contributed by atoms with Crippen LogP contribution in [-0.2, 0) is 14.8 Å². The van der Waals surface area contributed by atoms with Gasteiger partial charge in [-0.3, -0.25) is 9.10 Å². The molecule has 0 aliphatic rings. The Hall–Kier alpha value is -2.85. The molecule has 0 heterocycles. The van der Waals surface area contributed by atoms with E-state index in [-0.39, 0.29) is 6.54 Å². The summed E-state index contributed by atoms with van der Waals surface area (Å²) in [7, 11) is -3.63. The number of carbonyl (C=O) groups excluding carboxylic acids is 1. The van der Waals surface area contributed by atoms with Crippen molar-refractivity contribution < 1.29 is 13.2 Å². The largest absolute Gasteiger partial charge is 0.323 e. The number of nitrogens with one attached hydrogen (secondary N) is 1. The van der Waals surface area contributed by atoms with Gasteiger partial charge in [0.25, 0.3) is 0 Å². The minimum absolute atomic E-state index is 0.312. The second-order valence-electron chi connectivity index (χ2n) is 5.31. The van der Waals surface area contributed by atoms with Crippen LogP contribution in [0.4, 0.5) is 11.4 Å². The average Bonchev–Trinajstić information content (AvgIpc) is 2.52. The number of nitriles is 1. The molecule has 2 aromatic carbocycles. The Morgan fingerprint density at radius 1 is 1.21 bits per heavy atom. The SMILES string of the molecule is Cc1cccc(N(CC(=O)Nc2ccccc2C#N)S(C)(=O)=O)c1. The van der Waals surface area contributed by atoms with E-state index in [1.807, 2.05) is 19.1 Å². The van der Waals surface area contributed by atoms with Crippen LogP contribution >= 0.6 is 0 Å². The first-order valence-corrected chi connectivity index (χ1v) is 8.99. The number of hydrogen-bond donors (Lipinski definition) is 1. The van der Waals surface area contributed by atoms with Gasteiger partial charge in [0.2, 0.25) is 15.9 Å². The van der Waals surface area contributed by atoms with Gasteiger partial charge in [0.15, 0.2) is 0 Å². The van der Waals surface area contributed by atoms with Crippen molar-refractivity contribution in [2.24, 2.45) is 0 Å². The molecule has 2 aromatic rings. The van der Waals surface area contributed by atoms with Gasteiger partial charge in [0, 0.05) is 0 Å². The zero-order chi connectivity index (χ0) is 17.7. The quantitative estimate of drug-likeness (QED) is 0.902. The van der Waals surface area contributed by atoms with Crippen molar-refractivity contribution in [3.8, 4) is 6.07 Å². The second kappa shape index (κ2) is 7.15. The van der Waals surface area contributed by atoms with E-state index >= 15 is 0 Å². The van der Waals surface area contributed by atoms with Crippen LogP contribution in [0.5, 0.6) is 0 Å². The standard InChI is InChI=1S/C17H17N3O3S/c1-13-6-5-8-15(10-13)20(24(2,22)23)12-17(21)19-16-9-4-3-7-14(16)11-18/h3-10H,12H2,1-2H3,(H,19,21). The molecule has 0 aliphatic carbocycles. The molecule has 0 aromatic heterocycles. The maximum absolute atomic E-state index is 12.3. The molecule has 1 N–H and O–H groups in total.